The molecule has 1 saturated heterocycles. The van der Waals surface area contributed by atoms with E-state index in [1.165, 1.54) is 18.2 Å². The van der Waals surface area contributed by atoms with Crippen LogP contribution in [0.25, 0.3) is 22.0 Å². The third-order valence-corrected chi connectivity index (χ3v) is 6.08. The SMILES string of the molecule is Cl.O=C1c2ccccc2-c2c1c1ccc([N+](=O)[O-])cc1c(=O)n2CCCN1CCOCC1. The van der Waals surface area contributed by atoms with Gasteiger partial charge in [-0.25, -0.2) is 0 Å². The summed E-state index contributed by atoms with van der Waals surface area (Å²) >= 11 is 0. The number of morpholine rings is 1. The number of hydrogen-bond acceptors (Lipinski definition) is 6. The molecule has 2 aromatic carbocycles. The maximum Gasteiger partial charge on any atom is 0.270 e. The van der Waals surface area contributed by atoms with E-state index in [4.69, 9.17) is 4.74 Å². The molecule has 1 aliphatic heterocycles. The van der Waals surface area contributed by atoms with Crippen LogP contribution in [0.1, 0.15) is 22.3 Å². The highest BCUT2D eigenvalue weighted by molar-refractivity contribution is 6.26. The third kappa shape index (κ3) is 3.60. The van der Waals surface area contributed by atoms with E-state index < -0.39 is 4.92 Å². The molecule has 0 N–H and O–H groups in total. The maximum atomic E-state index is 13.5. The molecule has 0 spiro atoms. The fraction of sp³-hybridized carbons (Fsp3) is 0.304. The zero-order chi connectivity index (χ0) is 21.5. The minimum atomic E-state index is -0.522. The summed E-state index contributed by atoms with van der Waals surface area (Å²) in [6, 6.07) is 11.4. The summed E-state index contributed by atoms with van der Waals surface area (Å²) in [5.74, 6) is -0.147. The van der Waals surface area contributed by atoms with Crippen LogP contribution in [0.4, 0.5) is 5.69 Å². The molecule has 3 aromatic rings. The van der Waals surface area contributed by atoms with E-state index in [1.54, 1.807) is 16.7 Å². The van der Waals surface area contributed by atoms with Gasteiger partial charge in [0.15, 0.2) is 5.78 Å². The van der Waals surface area contributed by atoms with E-state index >= 15 is 0 Å². The van der Waals surface area contributed by atoms with E-state index in [9.17, 15) is 19.7 Å². The molecular formula is C23H22ClN3O5. The van der Waals surface area contributed by atoms with Crippen LogP contribution in [-0.2, 0) is 11.3 Å². The number of ether oxygens (including phenoxy) is 1. The molecule has 0 unspecified atom stereocenters. The molecule has 9 heteroatoms. The normalized spacial score (nSPS) is 15.3. The van der Waals surface area contributed by atoms with Crippen LogP contribution in [-0.4, -0.2) is 53.0 Å². The molecule has 2 heterocycles. The molecular weight excluding hydrogens is 434 g/mol. The Balaban J connectivity index is 0.00000245. The fourth-order valence-electron chi connectivity index (χ4n) is 4.57. The highest BCUT2D eigenvalue weighted by Crippen LogP contribution is 2.39. The number of non-ortho nitro benzene ring substituents is 1. The Labute approximate surface area is 190 Å². The standard InChI is InChI=1S/C23H21N3O5.ClH/c27-22-18-5-2-1-4-17(18)21-20(22)16-7-6-15(26(29)30)14-19(16)23(28)25(21)9-3-8-24-10-12-31-13-11-24;/h1-2,4-7,14H,3,8-13H2;1H. The van der Waals surface area contributed by atoms with Crippen LogP contribution >= 0.6 is 12.4 Å². The maximum absolute atomic E-state index is 13.5. The number of nitro groups is 1. The van der Waals surface area contributed by atoms with E-state index in [-0.39, 0.29) is 34.8 Å². The number of carbonyl (C=O) groups is 1. The van der Waals surface area contributed by atoms with Crippen LogP contribution in [0, 0.1) is 10.1 Å². The Hall–Kier alpha value is -3.07. The Bertz CT molecular complexity index is 1280. The minimum Gasteiger partial charge on any atom is -0.379 e. The molecule has 5 rings (SSSR count). The van der Waals surface area contributed by atoms with Crippen LogP contribution < -0.4 is 5.56 Å². The molecule has 0 saturated carbocycles. The van der Waals surface area contributed by atoms with Gasteiger partial charge in [0.05, 0.1) is 34.8 Å². The first kappa shape index (κ1) is 22.1. The average molecular weight is 456 g/mol. The Morgan fingerprint density at radius 2 is 1.69 bits per heavy atom. The molecule has 1 aromatic heterocycles. The average Bonchev–Trinajstić information content (AvgIpc) is 3.09. The monoisotopic (exact) mass is 455 g/mol. The van der Waals surface area contributed by atoms with Gasteiger partial charge >= 0.3 is 0 Å². The third-order valence-electron chi connectivity index (χ3n) is 6.08. The van der Waals surface area contributed by atoms with Gasteiger partial charge in [-0.1, -0.05) is 24.3 Å². The number of carbonyl (C=O) groups excluding carboxylic acids is 1. The van der Waals surface area contributed by atoms with Crippen molar-refractivity contribution < 1.29 is 14.5 Å². The van der Waals surface area contributed by atoms with Gasteiger partial charge in [-0.3, -0.25) is 24.6 Å². The van der Waals surface area contributed by atoms with E-state index in [1.807, 2.05) is 12.1 Å². The van der Waals surface area contributed by atoms with E-state index in [2.05, 4.69) is 4.90 Å². The highest BCUT2D eigenvalue weighted by Gasteiger charge is 2.32. The Morgan fingerprint density at radius 3 is 2.41 bits per heavy atom. The lowest BCUT2D eigenvalue weighted by Gasteiger charge is -2.26. The number of rotatable bonds is 5. The number of pyridine rings is 1. The van der Waals surface area contributed by atoms with E-state index in [0.717, 1.165) is 31.6 Å². The van der Waals surface area contributed by atoms with Crippen molar-refractivity contribution in [3.63, 3.8) is 0 Å². The van der Waals surface area contributed by atoms with Gasteiger partial charge in [0.2, 0.25) is 0 Å². The molecule has 0 radical (unpaired) electrons. The van der Waals surface area contributed by atoms with Gasteiger partial charge < -0.3 is 9.30 Å². The molecule has 32 heavy (non-hydrogen) atoms. The van der Waals surface area contributed by atoms with E-state index in [0.29, 0.717) is 42.0 Å². The number of halogens is 1. The number of benzene rings is 2. The second-order valence-electron chi connectivity index (χ2n) is 7.85. The second-order valence-corrected chi connectivity index (χ2v) is 7.85. The molecule has 8 nitrogen and oxygen atoms in total. The quantitative estimate of drug-likeness (QED) is 0.338. The van der Waals surface area contributed by atoms with Crippen molar-refractivity contribution in [3.8, 4) is 11.3 Å². The van der Waals surface area contributed by atoms with Crippen molar-refractivity contribution in [3.05, 3.63) is 74.1 Å². The lowest BCUT2D eigenvalue weighted by Crippen LogP contribution is -2.37. The number of nitro benzene ring substituents is 1. The van der Waals surface area contributed by atoms with Gasteiger partial charge in [-0.2, -0.15) is 0 Å². The lowest BCUT2D eigenvalue weighted by atomic mass is 10.0. The van der Waals surface area contributed by atoms with Crippen molar-refractivity contribution in [2.24, 2.45) is 0 Å². The summed E-state index contributed by atoms with van der Waals surface area (Å²) in [6.07, 6.45) is 0.725. The van der Waals surface area contributed by atoms with Crippen LogP contribution in [0.15, 0.2) is 47.3 Å². The Kier molecular flexibility index (Phi) is 6.10. The summed E-state index contributed by atoms with van der Waals surface area (Å²) in [5, 5.41) is 12.0. The van der Waals surface area contributed by atoms with Gasteiger partial charge in [0, 0.05) is 54.8 Å². The van der Waals surface area contributed by atoms with Crippen LogP contribution in [0.2, 0.25) is 0 Å². The topological polar surface area (TPSA) is 94.7 Å². The number of aromatic nitrogens is 1. The molecule has 0 amide bonds. The predicted octanol–water partition coefficient (Wildman–Crippen LogP) is 3.27. The van der Waals surface area contributed by atoms with Gasteiger partial charge in [0.25, 0.3) is 11.2 Å². The zero-order valence-electron chi connectivity index (χ0n) is 17.3. The molecule has 166 valence electrons. The summed E-state index contributed by atoms with van der Waals surface area (Å²) in [5.41, 5.74) is 1.92. The lowest BCUT2D eigenvalue weighted by molar-refractivity contribution is -0.384. The highest BCUT2D eigenvalue weighted by atomic mass is 35.5. The molecule has 0 bridgehead atoms. The first-order chi connectivity index (χ1) is 15.1. The van der Waals surface area contributed by atoms with Gasteiger partial charge in [0.1, 0.15) is 0 Å². The smallest absolute Gasteiger partial charge is 0.270 e. The predicted molar refractivity (Wildman–Crippen MR) is 123 cm³/mol. The Morgan fingerprint density at radius 1 is 0.969 bits per heavy atom. The van der Waals surface area contributed by atoms with Gasteiger partial charge in [-0.05, 0) is 12.5 Å². The van der Waals surface area contributed by atoms with Gasteiger partial charge in [-0.15, -0.1) is 12.4 Å². The number of ketones is 1. The fourth-order valence-corrected chi connectivity index (χ4v) is 4.57. The molecule has 1 fully saturated rings. The number of hydrogen-bond donors (Lipinski definition) is 0. The molecule has 0 atom stereocenters. The summed E-state index contributed by atoms with van der Waals surface area (Å²) in [7, 11) is 0. The summed E-state index contributed by atoms with van der Waals surface area (Å²) in [6.45, 7) is 4.37. The summed E-state index contributed by atoms with van der Waals surface area (Å²) < 4.78 is 7.01. The minimum absolute atomic E-state index is 0. The van der Waals surface area contributed by atoms with Crippen molar-refractivity contribution in [2.45, 2.75) is 13.0 Å². The largest absolute Gasteiger partial charge is 0.379 e. The van der Waals surface area contributed by atoms with Crippen molar-refractivity contribution >= 4 is 34.7 Å². The number of nitrogens with zero attached hydrogens (tertiary/aromatic N) is 3. The number of fused-ring (bicyclic) bond motifs is 5. The van der Waals surface area contributed by atoms with Crippen LogP contribution in [0.3, 0.4) is 0 Å². The first-order valence-electron chi connectivity index (χ1n) is 10.4. The molecule has 1 aliphatic carbocycles. The van der Waals surface area contributed by atoms with Crippen molar-refractivity contribution in [2.75, 3.05) is 32.8 Å². The molecule has 2 aliphatic rings. The van der Waals surface area contributed by atoms with Crippen molar-refractivity contribution in [1.82, 2.24) is 9.47 Å². The van der Waals surface area contributed by atoms with Crippen LogP contribution in [0.5, 0.6) is 0 Å². The second kappa shape index (κ2) is 8.82. The first-order valence-corrected chi connectivity index (χ1v) is 10.4. The van der Waals surface area contributed by atoms with Crippen molar-refractivity contribution in [1.29, 1.82) is 0 Å². The zero-order valence-corrected chi connectivity index (χ0v) is 18.1. The summed E-state index contributed by atoms with van der Waals surface area (Å²) in [4.78, 5) is 39.7.